The van der Waals surface area contributed by atoms with E-state index < -0.39 is 5.82 Å². The molecule has 0 atom stereocenters. The minimum atomic E-state index is -0.623. The highest BCUT2D eigenvalue weighted by molar-refractivity contribution is 6.30. The van der Waals surface area contributed by atoms with Gasteiger partial charge >= 0.3 is 0 Å². The van der Waals surface area contributed by atoms with Crippen LogP contribution in [0, 0.1) is 11.6 Å². The second-order valence-electron chi connectivity index (χ2n) is 3.86. The number of hydrogen-bond acceptors (Lipinski definition) is 1. The van der Waals surface area contributed by atoms with Crippen molar-refractivity contribution in [1.82, 2.24) is 0 Å². The summed E-state index contributed by atoms with van der Waals surface area (Å²) in [5, 5.41) is -0.0201. The summed E-state index contributed by atoms with van der Waals surface area (Å²) in [6, 6.07) is 9.54. The lowest BCUT2D eigenvalue weighted by Crippen LogP contribution is -2.04. The van der Waals surface area contributed by atoms with Crippen molar-refractivity contribution in [2.45, 2.75) is 6.42 Å². The molecule has 0 amide bonds. The molecule has 0 N–H and O–H groups in total. The van der Waals surface area contributed by atoms with Crippen LogP contribution in [0.25, 0.3) is 0 Å². The lowest BCUT2D eigenvalue weighted by atomic mass is 10.0. The summed E-state index contributed by atoms with van der Waals surface area (Å²) in [6.07, 6.45) is 0.0986. The SMILES string of the molecule is O=C(Cc1ccc(F)cc1)c1ccc(Cl)c(F)c1. The Hall–Kier alpha value is -1.74. The van der Waals surface area contributed by atoms with Crippen molar-refractivity contribution >= 4 is 17.4 Å². The maximum Gasteiger partial charge on any atom is 0.167 e. The molecule has 0 radical (unpaired) electrons. The van der Waals surface area contributed by atoms with Crippen LogP contribution in [0.4, 0.5) is 8.78 Å². The van der Waals surface area contributed by atoms with Crippen LogP contribution in [0.3, 0.4) is 0 Å². The Bertz CT molecular complexity index is 579. The lowest BCUT2D eigenvalue weighted by Gasteiger charge is -2.02. The van der Waals surface area contributed by atoms with E-state index >= 15 is 0 Å². The molecule has 0 aliphatic heterocycles. The zero-order valence-electron chi connectivity index (χ0n) is 9.29. The van der Waals surface area contributed by atoms with Gasteiger partial charge in [-0.1, -0.05) is 23.7 Å². The quantitative estimate of drug-likeness (QED) is 0.766. The third kappa shape index (κ3) is 2.93. The Balaban J connectivity index is 2.16. The van der Waals surface area contributed by atoms with E-state index in [0.29, 0.717) is 5.56 Å². The fourth-order valence-electron chi connectivity index (χ4n) is 1.56. The molecule has 0 unspecified atom stereocenters. The molecule has 0 aliphatic carbocycles. The molecule has 1 nitrogen and oxygen atoms in total. The zero-order chi connectivity index (χ0) is 13.1. The largest absolute Gasteiger partial charge is 0.294 e. The number of ketones is 1. The summed E-state index contributed by atoms with van der Waals surface area (Å²) in [4.78, 5) is 11.9. The van der Waals surface area contributed by atoms with Gasteiger partial charge in [-0.3, -0.25) is 4.79 Å². The lowest BCUT2D eigenvalue weighted by molar-refractivity contribution is 0.0992. The van der Waals surface area contributed by atoms with Gasteiger partial charge in [0.1, 0.15) is 11.6 Å². The summed E-state index contributed by atoms with van der Waals surface area (Å²) < 4.78 is 25.9. The van der Waals surface area contributed by atoms with Crippen molar-refractivity contribution in [3.63, 3.8) is 0 Å². The Kier molecular flexibility index (Phi) is 3.72. The number of Topliss-reactive ketones (excluding diaryl/α,β-unsaturated/α-hetero) is 1. The molecular formula is C14H9ClF2O. The highest BCUT2D eigenvalue weighted by Crippen LogP contribution is 2.17. The Morgan fingerprint density at radius 3 is 2.33 bits per heavy atom. The predicted molar refractivity (Wildman–Crippen MR) is 65.8 cm³/mol. The molecule has 92 valence electrons. The van der Waals surface area contributed by atoms with E-state index in [2.05, 4.69) is 0 Å². The van der Waals surface area contributed by atoms with Crippen molar-refractivity contribution in [3.05, 3.63) is 70.2 Å². The van der Waals surface area contributed by atoms with Gasteiger partial charge in [0, 0.05) is 12.0 Å². The van der Waals surface area contributed by atoms with E-state index in [0.717, 1.165) is 6.07 Å². The van der Waals surface area contributed by atoms with Crippen LogP contribution in [0.15, 0.2) is 42.5 Å². The fourth-order valence-corrected chi connectivity index (χ4v) is 1.68. The second kappa shape index (κ2) is 5.27. The molecular weight excluding hydrogens is 258 g/mol. The molecule has 2 rings (SSSR count). The molecule has 0 saturated heterocycles. The Labute approximate surface area is 108 Å². The Morgan fingerprint density at radius 1 is 1.06 bits per heavy atom. The number of hydrogen-bond donors (Lipinski definition) is 0. The normalized spacial score (nSPS) is 10.4. The fraction of sp³-hybridized carbons (Fsp3) is 0.0714. The van der Waals surface area contributed by atoms with Crippen LogP contribution in [0.5, 0.6) is 0 Å². The van der Waals surface area contributed by atoms with Gasteiger partial charge in [-0.15, -0.1) is 0 Å². The average molecular weight is 267 g/mol. The molecule has 4 heteroatoms. The van der Waals surface area contributed by atoms with E-state index in [1.54, 1.807) is 0 Å². The van der Waals surface area contributed by atoms with Crippen LogP contribution in [-0.4, -0.2) is 5.78 Å². The first-order valence-corrected chi connectivity index (χ1v) is 5.67. The van der Waals surface area contributed by atoms with Crippen LogP contribution < -0.4 is 0 Å². The van der Waals surface area contributed by atoms with Gasteiger partial charge in [-0.2, -0.15) is 0 Å². The van der Waals surface area contributed by atoms with E-state index in [-0.39, 0.29) is 28.6 Å². The van der Waals surface area contributed by atoms with Gasteiger partial charge in [0.25, 0.3) is 0 Å². The Morgan fingerprint density at radius 2 is 1.72 bits per heavy atom. The van der Waals surface area contributed by atoms with Crippen molar-refractivity contribution in [2.75, 3.05) is 0 Å². The second-order valence-corrected chi connectivity index (χ2v) is 4.26. The number of carbonyl (C=O) groups is 1. The van der Waals surface area contributed by atoms with Gasteiger partial charge in [-0.05, 0) is 35.9 Å². The van der Waals surface area contributed by atoms with Gasteiger partial charge in [0.05, 0.1) is 5.02 Å². The minimum absolute atomic E-state index is 0.0201. The summed E-state index contributed by atoms with van der Waals surface area (Å²) in [5.41, 5.74) is 0.929. The predicted octanol–water partition coefficient (Wildman–Crippen LogP) is 4.04. The molecule has 0 fully saturated rings. The average Bonchev–Trinajstić information content (AvgIpc) is 2.35. The molecule has 18 heavy (non-hydrogen) atoms. The van der Waals surface area contributed by atoms with E-state index in [9.17, 15) is 13.6 Å². The van der Waals surface area contributed by atoms with Crippen LogP contribution >= 0.6 is 11.6 Å². The van der Waals surface area contributed by atoms with E-state index in [1.165, 1.54) is 36.4 Å². The number of carbonyl (C=O) groups excluding carboxylic acids is 1. The van der Waals surface area contributed by atoms with E-state index in [1.807, 2.05) is 0 Å². The first-order valence-electron chi connectivity index (χ1n) is 5.29. The highest BCUT2D eigenvalue weighted by atomic mass is 35.5. The topological polar surface area (TPSA) is 17.1 Å². The van der Waals surface area contributed by atoms with Crippen LogP contribution in [-0.2, 0) is 6.42 Å². The maximum absolute atomic E-state index is 13.2. The van der Waals surface area contributed by atoms with Gasteiger partial charge in [0.15, 0.2) is 5.78 Å². The number of rotatable bonds is 3. The van der Waals surface area contributed by atoms with Crippen molar-refractivity contribution < 1.29 is 13.6 Å². The molecule has 0 bridgehead atoms. The molecule has 0 spiro atoms. The van der Waals surface area contributed by atoms with Crippen LogP contribution in [0.2, 0.25) is 5.02 Å². The minimum Gasteiger partial charge on any atom is -0.294 e. The third-order valence-corrected chi connectivity index (χ3v) is 2.83. The molecule has 0 aliphatic rings. The van der Waals surface area contributed by atoms with Crippen LogP contribution in [0.1, 0.15) is 15.9 Å². The van der Waals surface area contributed by atoms with E-state index in [4.69, 9.17) is 11.6 Å². The van der Waals surface area contributed by atoms with Gasteiger partial charge < -0.3 is 0 Å². The molecule has 2 aromatic rings. The smallest absolute Gasteiger partial charge is 0.167 e. The molecule has 0 aromatic heterocycles. The number of halogens is 3. The molecule has 0 heterocycles. The van der Waals surface area contributed by atoms with Gasteiger partial charge in [0.2, 0.25) is 0 Å². The summed E-state index contributed by atoms with van der Waals surface area (Å²) in [6.45, 7) is 0. The first-order chi connectivity index (χ1) is 8.56. The summed E-state index contributed by atoms with van der Waals surface area (Å²) >= 11 is 5.53. The summed E-state index contributed by atoms with van der Waals surface area (Å²) in [5.74, 6) is -1.22. The molecule has 0 saturated carbocycles. The van der Waals surface area contributed by atoms with Crippen molar-refractivity contribution in [3.8, 4) is 0 Å². The monoisotopic (exact) mass is 266 g/mol. The first kappa shape index (κ1) is 12.7. The number of benzene rings is 2. The summed E-state index contributed by atoms with van der Waals surface area (Å²) in [7, 11) is 0. The van der Waals surface area contributed by atoms with Crippen molar-refractivity contribution in [2.24, 2.45) is 0 Å². The standard InChI is InChI=1S/C14H9ClF2O/c15-12-6-3-10(8-13(12)17)14(18)7-9-1-4-11(16)5-2-9/h1-6,8H,7H2. The van der Waals surface area contributed by atoms with Crippen molar-refractivity contribution in [1.29, 1.82) is 0 Å². The van der Waals surface area contributed by atoms with Gasteiger partial charge in [-0.25, -0.2) is 8.78 Å². The maximum atomic E-state index is 13.2. The zero-order valence-corrected chi connectivity index (χ0v) is 10.0. The molecule has 2 aromatic carbocycles. The third-order valence-electron chi connectivity index (χ3n) is 2.52. The highest BCUT2D eigenvalue weighted by Gasteiger charge is 2.09.